The number of nitrogens with one attached hydrogen (secondary N) is 3. The molecule has 7 N–H and O–H groups in total. The molecule has 10 heteroatoms. The van der Waals surface area contributed by atoms with Crippen molar-refractivity contribution in [2.75, 3.05) is 6.54 Å². The summed E-state index contributed by atoms with van der Waals surface area (Å²) in [6.07, 6.45) is 2.09. The van der Waals surface area contributed by atoms with Gasteiger partial charge in [0.2, 0.25) is 17.7 Å². The lowest BCUT2D eigenvalue weighted by Gasteiger charge is -2.26. The second-order valence-corrected chi connectivity index (χ2v) is 10.1. The number of hydrogen-bond donors (Lipinski definition) is 5. The standard InChI is InChI=1S/C27H41N5O5/c1-16(2)13-21(32-27(36)24(29)17(3)4)26(35)31-20(10-7-8-12-28)25(34)30-15-18-14-23(33)37-22-11-6-5-9-19(18)22/h5-6,9,11,14,16-17,20-21,24H,7-8,10,12-13,15,28-29H2,1-4H3,(H,30,34)(H,31,35)(H,32,36)/t20-,21-,24-/m0/s1. The Morgan fingerprint density at radius 3 is 2.27 bits per heavy atom. The molecule has 204 valence electrons. The van der Waals surface area contributed by atoms with Crippen LogP contribution in [0.4, 0.5) is 0 Å². The lowest BCUT2D eigenvalue weighted by atomic mass is 9.99. The van der Waals surface area contributed by atoms with Crippen LogP contribution in [0.3, 0.4) is 0 Å². The molecular weight excluding hydrogens is 474 g/mol. The van der Waals surface area contributed by atoms with Crippen LogP contribution in [0.2, 0.25) is 0 Å². The van der Waals surface area contributed by atoms with E-state index in [1.807, 2.05) is 33.8 Å². The van der Waals surface area contributed by atoms with Crippen LogP contribution in [0.1, 0.15) is 58.9 Å². The summed E-state index contributed by atoms with van der Waals surface area (Å²) in [7, 11) is 0. The fourth-order valence-electron chi connectivity index (χ4n) is 3.94. The highest BCUT2D eigenvalue weighted by molar-refractivity contribution is 5.93. The SMILES string of the molecule is CC(C)C[C@H](NC(=O)[C@@H](N)C(C)C)C(=O)N[C@@H](CCCCN)C(=O)NCc1cc(=O)oc2ccccc12. The van der Waals surface area contributed by atoms with E-state index < -0.39 is 41.5 Å². The molecule has 2 rings (SSSR count). The van der Waals surface area contributed by atoms with Crippen molar-refractivity contribution in [3.8, 4) is 0 Å². The molecule has 0 saturated carbocycles. The first-order valence-electron chi connectivity index (χ1n) is 12.9. The van der Waals surface area contributed by atoms with Gasteiger partial charge < -0.3 is 31.8 Å². The van der Waals surface area contributed by atoms with Crippen molar-refractivity contribution in [3.05, 3.63) is 46.3 Å². The van der Waals surface area contributed by atoms with Crippen molar-refractivity contribution in [2.45, 2.75) is 78.0 Å². The smallest absolute Gasteiger partial charge is 0.336 e. The Morgan fingerprint density at radius 1 is 0.946 bits per heavy atom. The van der Waals surface area contributed by atoms with Crippen LogP contribution in [0.5, 0.6) is 0 Å². The number of fused-ring (bicyclic) bond motifs is 1. The number of rotatable bonds is 14. The van der Waals surface area contributed by atoms with E-state index in [0.717, 1.165) is 0 Å². The van der Waals surface area contributed by atoms with Gasteiger partial charge in [-0.25, -0.2) is 4.79 Å². The molecule has 0 aliphatic heterocycles. The Balaban J connectivity index is 2.16. The van der Waals surface area contributed by atoms with Gasteiger partial charge >= 0.3 is 5.63 Å². The molecule has 0 aliphatic carbocycles. The summed E-state index contributed by atoms with van der Waals surface area (Å²) in [5, 5.41) is 9.11. The average molecular weight is 516 g/mol. The van der Waals surface area contributed by atoms with Gasteiger partial charge in [0.25, 0.3) is 0 Å². The second-order valence-electron chi connectivity index (χ2n) is 10.1. The summed E-state index contributed by atoms with van der Waals surface area (Å²) in [4.78, 5) is 50.9. The molecule has 2 aromatic rings. The van der Waals surface area contributed by atoms with Crippen molar-refractivity contribution in [1.82, 2.24) is 16.0 Å². The molecule has 3 atom stereocenters. The topological polar surface area (TPSA) is 170 Å². The minimum Gasteiger partial charge on any atom is -0.423 e. The van der Waals surface area contributed by atoms with Crippen molar-refractivity contribution in [2.24, 2.45) is 23.3 Å². The summed E-state index contributed by atoms with van der Waals surface area (Å²) in [6, 6.07) is 6.00. The first kappa shape index (κ1) is 30.0. The van der Waals surface area contributed by atoms with Crippen LogP contribution in [-0.4, -0.2) is 42.4 Å². The molecule has 3 amide bonds. The number of para-hydroxylation sites is 1. The number of hydrogen-bond acceptors (Lipinski definition) is 7. The fraction of sp³-hybridized carbons (Fsp3) is 0.556. The van der Waals surface area contributed by atoms with E-state index in [1.54, 1.807) is 18.2 Å². The van der Waals surface area contributed by atoms with Crippen molar-refractivity contribution in [1.29, 1.82) is 0 Å². The number of carbonyl (C=O) groups is 3. The summed E-state index contributed by atoms with van der Waals surface area (Å²) >= 11 is 0. The summed E-state index contributed by atoms with van der Waals surface area (Å²) in [5.74, 6) is -1.22. The van der Waals surface area contributed by atoms with Gasteiger partial charge in [0.15, 0.2) is 0 Å². The third-order valence-electron chi connectivity index (χ3n) is 6.13. The molecule has 0 radical (unpaired) electrons. The lowest BCUT2D eigenvalue weighted by Crippen LogP contribution is -2.56. The van der Waals surface area contributed by atoms with Crippen LogP contribution in [-0.2, 0) is 20.9 Å². The Labute approximate surface area is 217 Å². The highest BCUT2D eigenvalue weighted by Gasteiger charge is 2.29. The lowest BCUT2D eigenvalue weighted by molar-refractivity contribution is -0.133. The molecule has 37 heavy (non-hydrogen) atoms. The molecule has 0 fully saturated rings. The van der Waals surface area contributed by atoms with Gasteiger partial charge in [0, 0.05) is 18.0 Å². The number of unbranched alkanes of at least 4 members (excludes halogenated alkanes) is 1. The van der Waals surface area contributed by atoms with E-state index in [2.05, 4.69) is 16.0 Å². The van der Waals surface area contributed by atoms with Crippen LogP contribution >= 0.6 is 0 Å². The molecule has 0 unspecified atom stereocenters. The fourth-order valence-corrected chi connectivity index (χ4v) is 3.94. The van der Waals surface area contributed by atoms with Crippen LogP contribution in [0.25, 0.3) is 11.0 Å². The zero-order valence-corrected chi connectivity index (χ0v) is 22.2. The molecule has 1 heterocycles. The molecule has 0 bridgehead atoms. The third kappa shape index (κ3) is 9.29. The van der Waals surface area contributed by atoms with Crippen LogP contribution in [0, 0.1) is 11.8 Å². The maximum Gasteiger partial charge on any atom is 0.336 e. The van der Waals surface area contributed by atoms with E-state index in [1.165, 1.54) is 6.07 Å². The molecule has 10 nitrogen and oxygen atoms in total. The molecule has 0 aliphatic rings. The molecule has 0 saturated heterocycles. The summed E-state index contributed by atoms with van der Waals surface area (Å²) < 4.78 is 5.22. The van der Waals surface area contributed by atoms with E-state index in [4.69, 9.17) is 15.9 Å². The van der Waals surface area contributed by atoms with Gasteiger partial charge in [-0.05, 0) is 55.7 Å². The minimum atomic E-state index is -0.837. The van der Waals surface area contributed by atoms with Gasteiger partial charge in [0.05, 0.1) is 6.04 Å². The molecular formula is C27H41N5O5. The maximum absolute atomic E-state index is 13.2. The largest absolute Gasteiger partial charge is 0.423 e. The van der Waals surface area contributed by atoms with Gasteiger partial charge in [0.1, 0.15) is 17.7 Å². The van der Waals surface area contributed by atoms with E-state index in [0.29, 0.717) is 48.8 Å². The monoisotopic (exact) mass is 515 g/mol. The highest BCUT2D eigenvalue weighted by atomic mass is 16.4. The Kier molecular flexibility index (Phi) is 11.7. The normalized spacial score (nSPS) is 13.8. The van der Waals surface area contributed by atoms with E-state index in [9.17, 15) is 19.2 Å². The van der Waals surface area contributed by atoms with Crippen molar-refractivity contribution < 1.29 is 18.8 Å². The summed E-state index contributed by atoms with van der Waals surface area (Å²) in [6.45, 7) is 8.11. The minimum absolute atomic E-state index is 0.0869. The highest BCUT2D eigenvalue weighted by Crippen LogP contribution is 2.16. The summed E-state index contributed by atoms with van der Waals surface area (Å²) in [5.41, 5.74) is 12.1. The number of benzene rings is 1. The van der Waals surface area contributed by atoms with E-state index in [-0.39, 0.29) is 18.4 Å². The first-order chi connectivity index (χ1) is 17.5. The molecule has 0 spiro atoms. The number of carbonyl (C=O) groups excluding carboxylic acids is 3. The predicted octanol–water partition coefficient (Wildman–Crippen LogP) is 1.54. The first-order valence-corrected chi connectivity index (χ1v) is 12.9. The maximum atomic E-state index is 13.2. The zero-order chi connectivity index (χ0) is 27.5. The third-order valence-corrected chi connectivity index (χ3v) is 6.13. The zero-order valence-electron chi connectivity index (χ0n) is 22.2. The molecule has 1 aromatic heterocycles. The van der Waals surface area contributed by atoms with Crippen LogP contribution in [0.15, 0.2) is 39.5 Å². The average Bonchev–Trinajstić information content (AvgIpc) is 2.85. The van der Waals surface area contributed by atoms with Gasteiger partial charge in [-0.2, -0.15) is 0 Å². The molecule has 1 aromatic carbocycles. The van der Waals surface area contributed by atoms with E-state index >= 15 is 0 Å². The second kappa shape index (κ2) is 14.5. The van der Waals surface area contributed by atoms with Gasteiger partial charge in [-0.3, -0.25) is 14.4 Å². The van der Waals surface area contributed by atoms with Gasteiger partial charge in [-0.1, -0.05) is 45.9 Å². The Bertz CT molecular complexity index is 1110. The predicted molar refractivity (Wildman–Crippen MR) is 143 cm³/mol. The Hall–Kier alpha value is -3.24. The van der Waals surface area contributed by atoms with Crippen LogP contribution < -0.4 is 33.0 Å². The Morgan fingerprint density at radius 2 is 1.62 bits per heavy atom. The van der Waals surface area contributed by atoms with Crippen molar-refractivity contribution >= 4 is 28.7 Å². The number of nitrogens with two attached hydrogens (primary N) is 2. The van der Waals surface area contributed by atoms with Crippen molar-refractivity contribution in [3.63, 3.8) is 0 Å². The number of amides is 3. The quantitative estimate of drug-likeness (QED) is 0.188. The van der Waals surface area contributed by atoms with Gasteiger partial charge in [-0.15, -0.1) is 0 Å².